The largest absolute Gasteiger partial charge is 0.140 e. The standard InChI is InChI=1S/C44H44Si3/c1-3-45(39-23-11-5-12-24-39,40-25-13-6-14-26-40)35-37-47(43-31-19-9-20-32-43,44-33-21-10-22-34-44)38-36-46(4-2,41-27-15-7-16-28-41)42-29-17-8-18-30-42/h3-34H,1-2,35-38H2. The van der Waals surface area contributed by atoms with Crippen LogP contribution in [-0.4, -0.2) is 24.2 Å². The Balaban J connectivity index is 1.52. The summed E-state index contributed by atoms with van der Waals surface area (Å²) in [7, 11) is -6.99. The van der Waals surface area contributed by atoms with Gasteiger partial charge >= 0.3 is 0 Å². The zero-order valence-electron chi connectivity index (χ0n) is 27.2. The van der Waals surface area contributed by atoms with Gasteiger partial charge in [0.1, 0.15) is 24.2 Å². The maximum atomic E-state index is 4.58. The number of rotatable bonds is 14. The first kappa shape index (κ1) is 32.4. The molecule has 0 N–H and O–H groups in total. The summed E-state index contributed by atoms with van der Waals surface area (Å²) in [5.74, 6) is 0. The molecule has 0 aromatic heterocycles. The number of benzene rings is 6. The van der Waals surface area contributed by atoms with Crippen LogP contribution in [0.5, 0.6) is 0 Å². The Bertz CT molecular complexity index is 1620. The van der Waals surface area contributed by atoms with Crippen LogP contribution < -0.4 is 31.1 Å². The molecule has 3 heteroatoms. The highest BCUT2D eigenvalue weighted by molar-refractivity contribution is 7.10. The summed E-state index contributed by atoms with van der Waals surface area (Å²) in [5, 5.41) is 8.80. The van der Waals surface area contributed by atoms with Crippen molar-refractivity contribution in [1.82, 2.24) is 0 Å². The summed E-state index contributed by atoms with van der Waals surface area (Å²) in [4.78, 5) is 0. The van der Waals surface area contributed by atoms with Crippen LogP contribution in [-0.2, 0) is 0 Å². The van der Waals surface area contributed by atoms with E-state index in [9.17, 15) is 0 Å². The third-order valence-electron chi connectivity index (χ3n) is 10.4. The van der Waals surface area contributed by atoms with E-state index in [4.69, 9.17) is 0 Å². The fourth-order valence-corrected chi connectivity index (χ4v) is 24.0. The summed E-state index contributed by atoms with van der Waals surface area (Å²) < 4.78 is 0. The van der Waals surface area contributed by atoms with Crippen LogP contribution in [0.1, 0.15) is 0 Å². The van der Waals surface area contributed by atoms with E-state index < -0.39 is 24.2 Å². The van der Waals surface area contributed by atoms with Crippen molar-refractivity contribution in [3.05, 3.63) is 207 Å². The molecule has 6 aromatic carbocycles. The molecular formula is C44H44Si3. The Morgan fingerprint density at radius 1 is 0.298 bits per heavy atom. The minimum Gasteiger partial charge on any atom is -0.106 e. The molecule has 0 saturated carbocycles. The lowest BCUT2D eigenvalue weighted by Gasteiger charge is -2.40. The van der Waals surface area contributed by atoms with Gasteiger partial charge < -0.3 is 0 Å². The van der Waals surface area contributed by atoms with Crippen LogP contribution in [0.15, 0.2) is 207 Å². The normalized spacial score (nSPS) is 11.9. The number of hydrogen-bond donors (Lipinski definition) is 0. The van der Waals surface area contributed by atoms with Crippen LogP contribution in [0.25, 0.3) is 0 Å². The molecule has 0 amide bonds. The van der Waals surface area contributed by atoms with Gasteiger partial charge in [-0.3, -0.25) is 0 Å². The van der Waals surface area contributed by atoms with Crippen LogP contribution in [0.4, 0.5) is 0 Å². The minimum atomic E-state index is -2.36. The van der Waals surface area contributed by atoms with Crippen molar-refractivity contribution < 1.29 is 0 Å². The van der Waals surface area contributed by atoms with Gasteiger partial charge in [0.15, 0.2) is 0 Å². The molecule has 0 aliphatic rings. The second-order valence-electron chi connectivity index (χ2n) is 12.6. The van der Waals surface area contributed by atoms with Crippen LogP contribution >= 0.6 is 0 Å². The second-order valence-corrected chi connectivity index (χ2v) is 25.0. The predicted octanol–water partition coefficient (Wildman–Crippen LogP) is 7.23. The summed E-state index contributed by atoms with van der Waals surface area (Å²) >= 11 is 0. The molecule has 0 radical (unpaired) electrons. The second kappa shape index (κ2) is 14.9. The lowest BCUT2D eigenvalue weighted by atomic mass is 10.4. The topological polar surface area (TPSA) is 0 Å². The SMILES string of the molecule is C=C[Si](CC[Si](CC[Si](C=C)(c1ccccc1)c1ccccc1)(c1ccccc1)c1ccccc1)(c1ccccc1)c1ccccc1. The van der Waals surface area contributed by atoms with Crippen LogP contribution in [0, 0.1) is 0 Å². The molecule has 0 heterocycles. The fraction of sp³-hybridized carbons (Fsp3) is 0.0909. The van der Waals surface area contributed by atoms with Gasteiger partial charge in [0.05, 0.1) is 0 Å². The van der Waals surface area contributed by atoms with E-state index in [1.165, 1.54) is 31.1 Å². The summed E-state index contributed by atoms with van der Waals surface area (Å²) in [6.45, 7) is 9.16. The zero-order valence-corrected chi connectivity index (χ0v) is 30.2. The van der Waals surface area contributed by atoms with E-state index in [2.05, 4.69) is 207 Å². The number of hydrogen-bond acceptors (Lipinski definition) is 0. The van der Waals surface area contributed by atoms with Crippen molar-refractivity contribution >= 4 is 55.3 Å². The molecule has 6 aromatic rings. The Morgan fingerprint density at radius 3 is 0.723 bits per heavy atom. The molecule has 0 atom stereocenters. The van der Waals surface area contributed by atoms with Gasteiger partial charge in [-0.05, 0) is 32.8 Å². The summed E-state index contributed by atoms with van der Waals surface area (Å²) in [6, 6.07) is 72.4. The molecular weight excluding hydrogens is 613 g/mol. The highest BCUT2D eigenvalue weighted by Crippen LogP contribution is 2.30. The molecule has 0 aliphatic heterocycles. The minimum absolute atomic E-state index is 1.11. The molecule has 47 heavy (non-hydrogen) atoms. The Kier molecular flexibility index (Phi) is 10.3. The highest BCUT2D eigenvalue weighted by Gasteiger charge is 2.45. The van der Waals surface area contributed by atoms with E-state index in [1.54, 1.807) is 0 Å². The molecule has 0 nitrogen and oxygen atoms in total. The molecule has 6 rings (SSSR count). The van der Waals surface area contributed by atoms with E-state index >= 15 is 0 Å². The predicted molar refractivity (Wildman–Crippen MR) is 213 cm³/mol. The van der Waals surface area contributed by atoms with Gasteiger partial charge in [0.25, 0.3) is 0 Å². The first-order valence-corrected chi connectivity index (χ1v) is 23.8. The van der Waals surface area contributed by atoms with Gasteiger partial charge in [-0.25, -0.2) is 0 Å². The molecule has 232 valence electrons. The quantitative estimate of drug-likeness (QED) is 0.109. The maximum Gasteiger partial charge on any atom is 0.140 e. The maximum absolute atomic E-state index is 4.58. The van der Waals surface area contributed by atoms with Crippen LogP contribution in [0.2, 0.25) is 24.2 Å². The molecule has 0 bridgehead atoms. The zero-order chi connectivity index (χ0) is 32.4. The van der Waals surface area contributed by atoms with E-state index in [0.717, 1.165) is 24.2 Å². The molecule has 0 unspecified atom stereocenters. The average molecular weight is 657 g/mol. The van der Waals surface area contributed by atoms with E-state index in [-0.39, 0.29) is 0 Å². The lowest BCUT2D eigenvalue weighted by molar-refractivity contribution is 1.24. The first-order valence-electron chi connectivity index (χ1n) is 16.8. The van der Waals surface area contributed by atoms with Crippen molar-refractivity contribution in [1.29, 1.82) is 0 Å². The van der Waals surface area contributed by atoms with Gasteiger partial charge in [-0.1, -0.05) is 216 Å². The van der Waals surface area contributed by atoms with Crippen molar-refractivity contribution in [2.75, 3.05) is 0 Å². The van der Waals surface area contributed by atoms with Crippen molar-refractivity contribution in [2.45, 2.75) is 24.2 Å². The molecule has 0 saturated heterocycles. The average Bonchev–Trinajstić information content (AvgIpc) is 3.17. The fourth-order valence-electron chi connectivity index (χ4n) is 7.73. The first-order chi connectivity index (χ1) is 23.2. The Hall–Kier alpha value is -4.55. The summed E-state index contributed by atoms with van der Waals surface area (Å²) in [5.41, 5.74) is 4.70. The molecule has 0 aliphatic carbocycles. The molecule has 0 fully saturated rings. The van der Waals surface area contributed by atoms with Crippen LogP contribution in [0.3, 0.4) is 0 Å². The van der Waals surface area contributed by atoms with Gasteiger partial charge in [-0.15, -0.1) is 13.2 Å². The Morgan fingerprint density at radius 2 is 0.511 bits per heavy atom. The third-order valence-corrected chi connectivity index (χ3v) is 25.4. The summed E-state index contributed by atoms with van der Waals surface area (Å²) in [6.07, 6.45) is 0. The van der Waals surface area contributed by atoms with E-state index in [1.807, 2.05) is 0 Å². The smallest absolute Gasteiger partial charge is 0.106 e. The highest BCUT2D eigenvalue weighted by atomic mass is 28.3. The van der Waals surface area contributed by atoms with E-state index in [0.29, 0.717) is 0 Å². The monoisotopic (exact) mass is 656 g/mol. The van der Waals surface area contributed by atoms with Gasteiger partial charge in [0.2, 0.25) is 0 Å². The van der Waals surface area contributed by atoms with Crippen molar-refractivity contribution in [2.24, 2.45) is 0 Å². The van der Waals surface area contributed by atoms with Crippen molar-refractivity contribution in [3.63, 3.8) is 0 Å². The third kappa shape index (κ3) is 6.52. The Labute approximate surface area is 284 Å². The van der Waals surface area contributed by atoms with Gasteiger partial charge in [0, 0.05) is 0 Å². The van der Waals surface area contributed by atoms with Gasteiger partial charge in [-0.2, -0.15) is 0 Å². The van der Waals surface area contributed by atoms with Crippen molar-refractivity contribution in [3.8, 4) is 0 Å². The molecule has 0 spiro atoms. The lowest BCUT2D eigenvalue weighted by Crippen LogP contribution is -2.64.